The van der Waals surface area contributed by atoms with E-state index in [1.807, 2.05) is 60.7 Å². The zero-order valence-corrected chi connectivity index (χ0v) is 11.2. The van der Waals surface area contributed by atoms with Gasteiger partial charge in [0.15, 0.2) is 17.3 Å². The zero-order chi connectivity index (χ0) is 14.2. The lowest BCUT2D eigenvalue weighted by Crippen LogP contribution is -2.17. The molecule has 0 saturated heterocycles. The molecule has 0 saturated carbocycles. The molecule has 4 nitrogen and oxygen atoms in total. The average molecular weight is 275 g/mol. The molecule has 1 aliphatic heterocycles. The van der Waals surface area contributed by atoms with E-state index in [4.69, 9.17) is 10.5 Å². The van der Waals surface area contributed by atoms with E-state index in [0.717, 1.165) is 28.7 Å². The van der Waals surface area contributed by atoms with Crippen LogP contribution in [0.15, 0.2) is 66.9 Å². The zero-order valence-electron chi connectivity index (χ0n) is 11.2. The van der Waals surface area contributed by atoms with Crippen LogP contribution in [0.5, 0.6) is 11.5 Å². The van der Waals surface area contributed by atoms with E-state index >= 15 is 0 Å². The van der Waals surface area contributed by atoms with E-state index in [-0.39, 0.29) is 0 Å². The van der Waals surface area contributed by atoms with E-state index < -0.39 is 0 Å². The molecule has 0 unspecified atom stereocenters. The quantitative estimate of drug-likeness (QED) is 0.528. The first kappa shape index (κ1) is 11.8. The number of nitrogens with two attached hydrogens (primary N) is 1. The van der Waals surface area contributed by atoms with Gasteiger partial charge in [0.1, 0.15) is 0 Å². The third kappa shape index (κ3) is 1.89. The normalized spacial score (nSPS) is 12.3. The smallest absolute Gasteiger partial charge is 0.181 e. The molecule has 3 aromatic rings. The summed E-state index contributed by atoms with van der Waals surface area (Å²) in [4.78, 5) is 6.55. The highest BCUT2D eigenvalue weighted by Crippen LogP contribution is 2.49. The maximum atomic E-state index is 5.93. The van der Waals surface area contributed by atoms with Crippen molar-refractivity contribution in [2.75, 3.05) is 10.6 Å². The molecule has 0 spiro atoms. The monoisotopic (exact) mass is 275 g/mol. The Labute approximate surface area is 122 Å². The molecule has 2 aromatic carbocycles. The van der Waals surface area contributed by atoms with E-state index in [2.05, 4.69) is 9.88 Å². The minimum Gasteiger partial charge on any atom is -0.451 e. The van der Waals surface area contributed by atoms with E-state index in [9.17, 15) is 0 Å². The standard InChI is InChI=1S/C17H13N3O/c18-12-8-9-14-16(11-12)21-15-7-4-10-19-17(15)20(14)13-5-2-1-3-6-13/h1-11H,18H2. The minimum absolute atomic E-state index is 0.675. The third-order valence-corrected chi connectivity index (χ3v) is 3.42. The van der Waals surface area contributed by atoms with Crippen LogP contribution in [0.2, 0.25) is 0 Å². The van der Waals surface area contributed by atoms with Gasteiger partial charge < -0.3 is 10.5 Å². The molecule has 1 aromatic heterocycles. The van der Waals surface area contributed by atoms with Gasteiger partial charge in [0, 0.05) is 23.6 Å². The van der Waals surface area contributed by atoms with Crippen molar-refractivity contribution in [1.82, 2.24) is 4.98 Å². The van der Waals surface area contributed by atoms with Gasteiger partial charge in [-0.1, -0.05) is 18.2 Å². The number of aromatic nitrogens is 1. The molecule has 0 radical (unpaired) electrons. The van der Waals surface area contributed by atoms with Gasteiger partial charge in [0.05, 0.1) is 5.69 Å². The first-order valence-electron chi connectivity index (χ1n) is 6.70. The molecule has 2 heterocycles. The molecule has 0 fully saturated rings. The van der Waals surface area contributed by atoms with Crippen molar-refractivity contribution in [1.29, 1.82) is 0 Å². The Morgan fingerprint density at radius 3 is 2.62 bits per heavy atom. The Morgan fingerprint density at radius 1 is 0.905 bits per heavy atom. The van der Waals surface area contributed by atoms with Crippen molar-refractivity contribution in [3.8, 4) is 11.5 Å². The number of nitrogens with zero attached hydrogens (tertiary/aromatic N) is 2. The minimum atomic E-state index is 0.675. The summed E-state index contributed by atoms with van der Waals surface area (Å²) in [5.74, 6) is 2.24. The predicted molar refractivity (Wildman–Crippen MR) is 83.4 cm³/mol. The van der Waals surface area contributed by atoms with Crippen molar-refractivity contribution in [2.24, 2.45) is 0 Å². The Balaban J connectivity index is 1.97. The second kappa shape index (κ2) is 4.52. The Morgan fingerprint density at radius 2 is 1.76 bits per heavy atom. The van der Waals surface area contributed by atoms with Crippen LogP contribution in [0, 0.1) is 0 Å². The Hall–Kier alpha value is -3.01. The third-order valence-electron chi connectivity index (χ3n) is 3.42. The number of nitrogen functional groups attached to an aromatic ring is 1. The van der Waals surface area contributed by atoms with Crippen molar-refractivity contribution in [3.63, 3.8) is 0 Å². The molecule has 0 bridgehead atoms. The van der Waals surface area contributed by atoms with Crippen molar-refractivity contribution in [2.45, 2.75) is 0 Å². The highest BCUT2D eigenvalue weighted by molar-refractivity contribution is 5.84. The fraction of sp³-hybridized carbons (Fsp3) is 0. The maximum absolute atomic E-state index is 5.93. The first-order chi connectivity index (χ1) is 10.3. The number of anilines is 4. The number of fused-ring (bicyclic) bond motifs is 2. The van der Waals surface area contributed by atoms with Crippen LogP contribution in [0.3, 0.4) is 0 Å². The summed E-state index contributed by atoms with van der Waals surface area (Å²) < 4.78 is 5.93. The number of para-hydroxylation sites is 1. The average Bonchev–Trinajstić information content (AvgIpc) is 2.53. The molecule has 1 aliphatic rings. The molecular weight excluding hydrogens is 262 g/mol. The van der Waals surface area contributed by atoms with Gasteiger partial charge in [-0.2, -0.15) is 0 Å². The van der Waals surface area contributed by atoms with Crippen molar-refractivity contribution >= 4 is 22.9 Å². The van der Waals surface area contributed by atoms with Gasteiger partial charge in [-0.3, -0.25) is 4.90 Å². The molecule has 0 aliphatic carbocycles. The second-order valence-electron chi connectivity index (χ2n) is 4.83. The van der Waals surface area contributed by atoms with E-state index in [1.54, 1.807) is 6.20 Å². The molecule has 4 rings (SSSR count). The number of hydrogen-bond acceptors (Lipinski definition) is 4. The lowest BCUT2D eigenvalue weighted by Gasteiger charge is -2.31. The van der Waals surface area contributed by atoms with Crippen LogP contribution in [0.4, 0.5) is 22.9 Å². The van der Waals surface area contributed by atoms with Crippen LogP contribution in [-0.4, -0.2) is 4.98 Å². The first-order valence-corrected chi connectivity index (χ1v) is 6.70. The van der Waals surface area contributed by atoms with Crippen molar-refractivity contribution in [3.05, 3.63) is 66.9 Å². The maximum Gasteiger partial charge on any atom is 0.181 e. The van der Waals surface area contributed by atoms with Gasteiger partial charge in [-0.15, -0.1) is 0 Å². The number of benzene rings is 2. The highest BCUT2D eigenvalue weighted by Gasteiger charge is 2.26. The van der Waals surface area contributed by atoms with Crippen LogP contribution in [0.1, 0.15) is 0 Å². The van der Waals surface area contributed by atoms with Gasteiger partial charge in [0.25, 0.3) is 0 Å². The van der Waals surface area contributed by atoms with E-state index in [0.29, 0.717) is 5.69 Å². The highest BCUT2D eigenvalue weighted by atomic mass is 16.5. The predicted octanol–water partition coefficient (Wildman–Crippen LogP) is 4.24. The summed E-state index contributed by atoms with van der Waals surface area (Å²) in [5.41, 5.74) is 8.51. The van der Waals surface area contributed by atoms with Crippen LogP contribution in [0.25, 0.3) is 0 Å². The summed E-state index contributed by atoms with van der Waals surface area (Å²) in [5, 5.41) is 0. The van der Waals surface area contributed by atoms with Gasteiger partial charge in [-0.25, -0.2) is 4.98 Å². The van der Waals surface area contributed by atoms with E-state index in [1.165, 1.54) is 0 Å². The van der Waals surface area contributed by atoms with Gasteiger partial charge >= 0.3 is 0 Å². The number of pyridine rings is 1. The summed E-state index contributed by atoms with van der Waals surface area (Å²) in [6, 6.07) is 19.5. The SMILES string of the molecule is Nc1ccc2c(c1)Oc1cccnc1N2c1ccccc1. The fourth-order valence-electron chi connectivity index (χ4n) is 2.50. The van der Waals surface area contributed by atoms with Crippen LogP contribution >= 0.6 is 0 Å². The van der Waals surface area contributed by atoms with Crippen LogP contribution < -0.4 is 15.4 Å². The molecule has 21 heavy (non-hydrogen) atoms. The molecule has 0 atom stereocenters. The van der Waals surface area contributed by atoms with Crippen LogP contribution in [-0.2, 0) is 0 Å². The fourth-order valence-corrected chi connectivity index (χ4v) is 2.50. The van der Waals surface area contributed by atoms with Gasteiger partial charge in [0.2, 0.25) is 0 Å². The lowest BCUT2D eigenvalue weighted by molar-refractivity contribution is 0.474. The van der Waals surface area contributed by atoms with Gasteiger partial charge in [-0.05, 0) is 36.4 Å². The summed E-state index contributed by atoms with van der Waals surface area (Å²) in [6.07, 6.45) is 1.76. The number of ether oxygens (including phenoxy) is 1. The summed E-state index contributed by atoms with van der Waals surface area (Å²) >= 11 is 0. The topological polar surface area (TPSA) is 51.4 Å². The molecule has 102 valence electrons. The molecule has 2 N–H and O–H groups in total. The Kier molecular flexibility index (Phi) is 2.54. The lowest BCUT2D eigenvalue weighted by atomic mass is 10.1. The number of rotatable bonds is 1. The Bertz CT molecular complexity index is 802. The second-order valence-corrected chi connectivity index (χ2v) is 4.83. The summed E-state index contributed by atoms with van der Waals surface area (Å²) in [6.45, 7) is 0. The molecular formula is C17H13N3O. The number of hydrogen-bond donors (Lipinski definition) is 1. The molecule has 0 amide bonds. The summed E-state index contributed by atoms with van der Waals surface area (Å²) in [7, 11) is 0. The van der Waals surface area contributed by atoms with Crippen molar-refractivity contribution < 1.29 is 4.74 Å². The largest absolute Gasteiger partial charge is 0.451 e. The molecule has 4 heteroatoms.